The van der Waals surface area contributed by atoms with Crippen molar-refractivity contribution in [2.75, 3.05) is 20.1 Å². The molecule has 0 saturated carbocycles. The van der Waals surface area contributed by atoms with Crippen LogP contribution in [0.5, 0.6) is 0 Å². The van der Waals surface area contributed by atoms with Gasteiger partial charge in [-0.1, -0.05) is 44.2 Å². The smallest absolute Gasteiger partial charge is 0.273 e. The minimum absolute atomic E-state index is 0.0370. The van der Waals surface area contributed by atoms with Crippen LogP contribution in [0.25, 0.3) is 0 Å². The second-order valence-corrected chi connectivity index (χ2v) is 10.3. The number of nitro groups is 1. The Morgan fingerprint density at radius 1 is 1.20 bits per heavy atom. The van der Waals surface area contributed by atoms with E-state index in [1.165, 1.54) is 27.6 Å². The summed E-state index contributed by atoms with van der Waals surface area (Å²) >= 11 is 0. The third-order valence-electron chi connectivity index (χ3n) is 5.87. The summed E-state index contributed by atoms with van der Waals surface area (Å²) in [6.45, 7) is 8.15. The first-order valence-electron chi connectivity index (χ1n) is 10.1. The van der Waals surface area contributed by atoms with Crippen molar-refractivity contribution in [3.63, 3.8) is 0 Å². The molecule has 0 spiro atoms. The van der Waals surface area contributed by atoms with E-state index in [9.17, 15) is 18.5 Å². The van der Waals surface area contributed by atoms with Gasteiger partial charge in [0.1, 0.15) is 0 Å². The van der Waals surface area contributed by atoms with Crippen LogP contribution in [0.4, 0.5) is 5.69 Å². The van der Waals surface area contributed by atoms with Crippen molar-refractivity contribution in [1.29, 1.82) is 0 Å². The van der Waals surface area contributed by atoms with Crippen LogP contribution in [-0.2, 0) is 16.6 Å². The highest BCUT2D eigenvalue weighted by atomic mass is 32.2. The van der Waals surface area contributed by atoms with Crippen LogP contribution >= 0.6 is 0 Å². The predicted octanol–water partition coefficient (Wildman–Crippen LogP) is 3.92. The summed E-state index contributed by atoms with van der Waals surface area (Å²) in [5.41, 5.74) is 2.77. The molecule has 2 aromatic rings. The molecular formula is C22H29N3O4S. The van der Waals surface area contributed by atoms with E-state index in [-0.39, 0.29) is 16.6 Å². The van der Waals surface area contributed by atoms with E-state index in [2.05, 4.69) is 43.0 Å². The van der Waals surface area contributed by atoms with Gasteiger partial charge < -0.3 is 0 Å². The van der Waals surface area contributed by atoms with E-state index in [1.807, 2.05) is 0 Å². The van der Waals surface area contributed by atoms with Crippen molar-refractivity contribution in [1.82, 2.24) is 9.21 Å². The summed E-state index contributed by atoms with van der Waals surface area (Å²) in [4.78, 5) is 12.9. The molecule has 1 aliphatic heterocycles. The zero-order valence-electron chi connectivity index (χ0n) is 17.9. The van der Waals surface area contributed by atoms with Crippen molar-refractivity contribution in [3.05, 3.63) is 69.3 Å². The summed E-state index contributed by atoms with van der Waals surface area (Å²) in [6, 6.07) is 12.5. The number of sulfonamides is 1. The van der Waals surface area contributed by atoms with Gasteiger partial charge in [-0.2, -0.15) is 4.31 Å². The van der Waals surface area contributed by atoms with Gasteiger partial charge in [0.05, 0.1) is 9.82 Å². The molecule has 3 rings (SSSR count). The summed E-state index contributed by atoms with van der Waals surface area (Å²) in [5.74, 6) is 0.492. The van der Waals surface area contributed by atoms with Crippen LogP contribution in [0.1, 0.15) is 42.9 Å². The molecule has 7 nitrogen and oxygen atoms in total. The predicted molar refractivity (Wildman–Crippen MR) is 117 cm³/mol. The maximum Gasteiger partial charge on any atom is 0.273 e. The largest absolute Gasteiger partial charge is 0.297 e. The number of rotatable bonds is 7. The molecule has 162 valence electrons. The third-order valence-corrected chi connectivity index (χ3v) is 7.77. The molecule has 0 aliphatic carbocycles. The van der Waals surface area contributed by atoms with Crippen LogP contribution in [0.3, 0.4) is 0 Å². The number of benzene rings is 2. The molecule has 1 saturated heterocycles. The van der Waals surface area contributed by atoms with E-state index in [4.69, 9.17) is 0 Å². The number of likely N-dealkylation sites (N-methyl/N-ethyl adjacent to an activating group) is 1. The zero-order chi connectivity index (χ0) is 22.1. The number of likely N-dealkylation sites (tertiary alicyclic amines) is 1. The van der Waals surface area contributed by atoms with Crippen molar-refractivity contribution in [2.45, 2.75) is 50.6 Å². The van der Waals surface area contributed by atoms with Crippen molar-refractivity contribution >= 4 is 15.7 Å². The number of hydrogen-bond donors (Lipinski definition) is 0. The van der Waals surface area contributed by atoms with E-state index < -0.39 is 14.9 Å². The Hall–Kier alpha value is -2.29. The zero-order valence-corrected chi connectivity index (χ0v) is 18.7. The molecule has 8 heteroatoms. The molecule has 1 unspecified atom stereocenters. The topological polar surface area (TPSA) is 83.8 Å². The molecule has 0 bridgehead atoms. The van der Waals surface area contributed by atoms with E-state index in [0.29, 0.717) is 18.0 Å². The monoisotopic (exact) mass is 431 g/mol. The van der Waals surface area contributed by atoms with Gasteiger partial charge in [0.2, 0.25) is 10.0 Å². The first-order chi connectivity index (χ1) is 14.1. The fourth-order valence-corrected chi connectivity index (χ4v) is 5.23. The number of aryl methyl sites for hydroxylation is 1. The first kappa shape index (κ1) is 22.4. The van der Waals surface area contributed by atoms with Crippen molar-refractivity contribution in [3.8, 4) is 0 Å². The molecule has 2 aromatic carbocycles. The normalized spacial score (nSPS) is 17.7. The lowest BCUT2D eigenvalue weighted by molar-refractivity contribution is -0.385. The highest BCUT2D eigenvalue weighted by Crippen LogP contribution is 2.27. The molecule has 0 radical (unpaired) electrons. The van der Waals surface area contributed by atoms with E-state index in [0.717, 1.165) is 25.6 Å². The number of hydrogen-bond acceptors (Lipinski definition) is 5. The quantitative estimate of drug-likeness (QED) is 0.490. The molecule has 0 N–H and O–H groups in total. The van der Waals surface area contributed by atoms with Crippen LogP contribution < -0.4 is 0 Å². The Bertz CT molecular complexity index is 1020. The van der Waals surface area contributed by atoms with Gasteiger partial charge in [-0.05, 0) is 36.5 Å². The molecular weight excluding hydrogens is 402 g/mol. The minimum Gasteiger partial charge on any atom is -0.297 e. The number of nitrogens with zero attached hydrogens (tertiary/aromatic N) is 3. The van der Waals surface area contributed by atoms with Gasteiger partial charge in [0, 0.05) is 44.4 Å². The molecule has 1 fully saturated rings. The lowest BCUT2D eigenvalue weighted by Gasteiger charge is -2.24. The molecule has 0 amide bonds. The lowest BCUT2D eigenvalue weighted by Crippen LogP contribution is -2.38. The van der Waals surface area contributed by atoms with Crippen LogP contribution in [0.15, 0.2) is 47.4 Å². The summed E-state index contributed by atoms with van der Waals surface area (Å²) < 4.78 is 27.5. The van der Waals surface area contributed by atoms with Gasteiger partial charge in [-0.3, -0.25) is 15.0 Å². The highest BCUT2D eigenvalue weighted by Gasteiger charge is 2.34. The molecule has 0 aromatic heterocycles. The molecule has 1 atom stereocenters. The second-order valence-electron chi connectivity index (χ2n) is 8.30. The SMILES string of the molecule is Cc1ccc(S(=O)(=O)N(C)C2CCN(Cc3ccc(C(C)C)cc3)C2)cc1[N+](=O)[O-]. The van der Waals surface area contributed by atoms with Gasteiger partial charge in [0.25, 0.3) is 5.69 Å². The Labute approximate surface area is 178 Å². The summed E-state index contributed by atoms with van der Waals surface area (Å²) in [5, 5.41) is 11.2. The van der Waals surface area contributed by atoms with Gasteiger partial charge in [-0.25, -0.2) is 8.42 Å². The maximum atomic E-state index is 13.1. The first-order valence-corrected chi connectivity index (χ1v) is 11.6. The Morgan fingerprint density at radius 3 is 2.47 bits per heavy atom. The maximum absolute atomic E-state index is 13.1. The second kappa shape index (κ2) is 8.83. The van der Waals surface area contributed by atoms with Gasteiger partial charge in [0.15, 0.2) is 0 Å². The highest BCUT2D eigenvalue weighted by molar-refractivity contribution is 7.89. The van der Waals surface area contributed by atoms with Crippen LogP contribution in [0.2, 0.25) is 0 Å². The Morgan fingerprint density at radius 2 is 1.87 bits per heavy atom. The number of nitro benzene ring substituents is 1. The average Bonchev–Trinajstić information content (AvgIpc) is 3.16. The van der Waals surface area contributed by atoms with E-state index in [1.54, 1.807) is 14.0 Å². The molecule has 30 heavy (non-hydrogen) atoms. The molecule has 1 heterocycles. The lowest BCUT2D eigenvalue weighted by atomic mass is 10.0. The third kappa shape index (κ3) is 4.71. The van der Waals surface area contributed by atoms with Crippen molar-refractivity contribution < 1.29 is 13.3 Å². The Balaban J connectivity index is 1.69. The average molecular weight is 432 g/mol. The molecule has 1 aliphatic rings. The van der Waals surface area contributed by atoms with Gasteiger partial charge in [-0.15, -0.1) is 0 Å². The van der Waals surface area contributed by atoms with Gasteiger partial charge >= 0.3 is 0 Å². The fraction of sp³-hybridized carbons (Fsp3) is 0.455. The van der Waals surface area contributed by atoms with Crippen LogP contribution in [-0.4, -0.2) is 48.7 Å². The van der Waals surface area contributed by atoms with Crippen molar-refractivity contribution in [2.24, 2.45) is 0 Å². The Kier molecular flexibility index (Phi) is 6.59. The minimum atomic E-state index is -3.80. The fourth-order valence-electron chi connectivity index (χ4n) is 3.83. The van der Waals surface area contributed by atoms with E-state index >= 15 is 0 Å². The van der Waals surface area contributed by atoms with Crippen LogP contribution in [0, 0.1) is 17.0 Å². The standard InChI is InChI=1S/C22H29N3O4S/c1-16(2)19-8-6-18(7-9-19)14-24-12-11-20(15-24)23(4)30(28,29)21-10-5-17(3)22(13-21)25(26)27/h5-10,13,16,20H,11-12,14-15H2,1-4H3. The summed E-state index contributed by atoms with van der Waals surface area (Å²) in [7, 11) is -2.24. The summed E-state index contributed by atoms with van der Waals surface area (Å²) in [6.07, 6.45) is 0.730.